The van der Waals surface area contributed by atoms with Crippen molar-refractivity contribution in [3.63, 3.8) is 0 Å². The van der Waals surface area contributed by atoms with Gasteiger partial charge < -0.3 is 21.1 Å². The largest absolute Gasteiger partial charge is 0.462 e. The van der Waals surface area contributed by atoms with E-state index >= 15 is 0 Å². The third-order valence-corrected chi connectivity index (χ3v) is 2.71. The molecule has 1 amide bonds. The molecule has 6 nitrogen and oxygen atoms in total. The molecule has 21 heavy (non-hydrogen) atoms. The number of esters is 1. The van der Waals surface area contributed by atoms with E-state index in [0.29, 0.717) is 29.4 Å². The minimum Gasteiger partial charge on any atom is -0.462 e. The van der Waals surface area contributed by atoms with Crippen LogP contribution in [0.3, 0.4) is 0 Å². The van der Waals surface area contributed by atoms with E-state index in [0.717, 1.165) is 0 Å². The summed E-state index contributed by atoms with van der Waals surface area (Å²) in [6.07, 6.45) is 0. The van der Waals surface area contributed by atoms with Gasteiger partial charge >= 0.3 is 5.97 Å². The highest BCUT2D eigenvalue weighted by Crippen LogP contribution is 2.18. The van der Waals surface area contributed by atoms with Crippen molar-refractivity contribution in [2.45, 2.75) is 20.8 Å². The fourth-order valence-electron chi connectivity index (χ4n) is 1.61. The molecule has 0 aliphatic rings. The summed E-state index contributed by atoms with van der Waals surface area (Å²) in [5.74, 6) is -0.165. The lowest BCUT2D eigenvalue weighted by atomic mass is 10.1. The van der Waals surface area contributed by atoms with Gasteiger partial charge in [-0.3, -0.25) is 4.79 Å². The fourth-order valence-corrected chi connectivity index (χ4v) is 1.61. The summed E-state index contributed by atoms with van der Waals surface area (Å²) < 4.78 is 4.93. The third-order valence-electron chi connectivity index (χ3n) is 2.71. The molecule has 0 saturated carbocycles. The summed E-state index contributed by atoms with van der Waals surface area (Å²) in [6.45, 7) is 6.84. The van der Waals surface area contributed by atoms with Crippen LogP contribution in [-0.4, -0.2) is 31.6 Å². The Balaban J connectivity index is 2.62. The van der Waals surface area contributed by atoms with Crippen LogP contribution in [0.5, 0.6) is 0 Å². The molecule has 0 aliphatic heterocycles. The van der Waals surface area contributed by atoms with Crippen LogP contribution in [0, 0.1) is 5.92 Å². The molecule has 0 aliphatic carbocycles. The Morgan fingerprint density at radius 1 is 1.33 bits per heavy atom. The van der Waals surface area contributed by atoms with Gasteiger partial charge in [0.15, 0.2) is 0 Å². The molecule has 0 bridgehead atoms. The first kappa shape index (κ1) is 16.8. The van der Waals surface area contributed by atoms with E-state index in [-0.39, 0.29) is 19.1 Å². The maximum Gasteiger partial charge on any atom is 0.340 e. The quantitative estimate of drug-likeness (QED) is 0.525. The smallest absolute Gasteiger partial charge is 0.340 e. The Morgan fingerprint density at radius 3 is 2.67 bits per heavy atom. The highest BCUT2D eigenvalue weighted by Gasteiger charge is 2.12. The summed E-state index contributed by atoms with van der Waals surface area (Å²) in [4.78, 5) is 23.3. The zero-order valence-electron chi connectivity index (χ0n) is 12.7. The molecule has 116 valence electrons. The summed E-state index contributed by atoms with van der Waals surface area (Å²) in [6, 6.07) is 4.91. The summed E-state index contributed by atoms with van der Waals surface area (Å²) >= 11 is 0. The van der Waals surface area contributed by atoms with Crippen molar-refractivity contribution in [1.82, 2.24) is 5.32 Å². The lowest BCUT2D eigenvalue weighted by Gasteiger charge is -2.11. The van der Waals surface area contributed by atoms with Crippen LogP contribution in [-0.2, 0) is 9.53 Å². The van der Waals surface area contributed by atoms with E-state index in [1.165, 1.54) is 0 Å². The summed E-state index contributed by atoms with van der Waals surface area (Å²) in [7, 11) is 0. The van der Waals surface area contributed by atoms with E-state index in [1.807, 2.05) is 13.8 Å². The molecule has 0 aromatic heterocycles. The van der Waals surface area contributed by atoms with Gasteiger partial charge in [-0.2, -0.15) is 0 Å². The highest BCUT2D eigenvalue weighted by atomic mass is 16.5. The fraction of sp³-hybridized carbons (Fsp3) is 0.467. The topological polar surface area (TPSA) is 93.4 Å². The number of nitrogens with two attached hydrogens (primary N) is 1. The third kappa shape index (κ3) is 5.72. The number of benzene rings is 1. The van der Waals surface area contributed by atoms with Crippen molar-refractivity contribution in [3.8, 4) is 0 Å². The van der Waals surface area contributed by atoms with Crippen LogP contribution in [0.4, 0.5) is 11.4 Å². The number of ether oxygens (including phenoxy) is 1. The Bertz CT molecular complexity index is 501. The Hall–Kier alpha value is -2.24. The molecule has 0 atom stereocenters. The molecule has 0 radical (unpaired) electrons. The number of rotatable bonds is 7. The van der Waals surface area contributed by atoms with E-state index in [9.17, 15) is 9.59 Å². The standard InChI is InChI=1S/C15H23N3O3/c1-4-21-15(20)12-7-11(5-6-13(12)16)17-9-14(19)18-8-10(2)3/h5-7,10,17H,4,8-9,16H2,1-3H3,(H,18,19). The average Bonchev–Trinajstić information content (AvgIpc) is 2.44. The SMILES string of the molecule is CCOC(=O)c1cc(NCC(=O)NCC(C)C)ccc1N. The number of nitrogens with one attached hydrogen (secondary N) is 2. The van der Waals surface area contributed by atoms with Crippen molar-refractivity contribution >= 4 is 23.3 Å². The molecular weight excluding hydrogens is 270 g/mol. The second-order valence-electron chi connectivity index (χ2n) is 5.07. The van der Waals surface area contributed by atoms with Crippen LogP contribution >= 0.6 is 0 Å². The van der Waals surface area contributed by atoms with Gasteiger partial charge in [0.1, 0.15) is 0 Å². The van der Waals surface area contributed by atoms with Gasteiger partial charge in [0.05, 0.1) is 18.7 Å². The maximum atomic E-state index is 11.7. The summed E-state index contributed by atoms with van der Waals surface area (Å²) in [5, 5.41) is 5.76. The molecule has 1 aromatic rings. The minimum absolute atomic E-state index is 0.0989. The lowest BCUT2D eigenvalue weighted by Crippen LogP contribution is -2.32. The van der Waals surface area contributed by atoms with Gasteiger partial charge in [0.2, 0.25) is 5.91 Å². The molecule has 6 heteroatoms. The molecular formula is C15H23N3O3. The van der Waals surface area contributed by atoms with Gasteiger partial charge in [-0.1, -0.05) is 13.8 Å². The Morgan fingerprint density at radius 2 is 2.05 bits per heavy atom. The van der Waals surface area contributed by atoms with E-state index in [1.54, 1.807) is 25.1 Å². The van der Waals surface area contributed by atoms with Gasteiger partial charge in [-0.15, -0.1) is 0 Å². The zero-order valence-corrected chi connectivity index (χ0v) is 12.7. The first-order valence-corrected chi connectivity index (χ1v) is 7.01. The number of carbonyl (C=O) groups is 2. The maximum absolute atomic E-state index is 11.7. The molecule has 0 spiro atoms. The van der Waals surface area contributed by atoms with Crippen molar-refractivity contribution in [2.75, 3.05) is 30.7 Å². The van der Waals surface area contributed by atoms with Crippen LogP contribution in [0.1, 0.15) is 31.1 Å². The van der Waals surface area contributed by atoms with Crippen molar-refractivity contribution in [2.24, 2.45) is 5.92 Å². The highest BCUT2D eigenvalue weighted by molar-refractivity contribution is 5.96. The number of nitrogen functional groups attached to an aromatic ring is 1. The van der Waals surface area contributed by atoms with E-state index in [4.69, 9.17) is 10.5 Å². The first-order valence-electron chi connectivity index (χ1n) is 7.01. The Kier molecular flexibility index (Phi) is 6.52. The van der Waals surface area contributed by atoms with Crippen molar-refractivity contribution in [3.05, 3.63) is 23.8 Å². The molecule has 0 fully saturated rings. The average molecular weight is 293 g/mol. The zero-order chi connectivity index (χ0) is 15.8. The van der Waals surface area contributed by atoms with Gasteiger partial charge in [-0.05, 0) is 31.0 Å². The van der Waals surface area contributed by atoms with Crippen molar-refractivity contribution < 1.29 is 14.3 Å². The Labute approximate surface area is 125 Å². The second-order valence-corrected chi connectivity index (χ2v) is 5.07. The summed E-state index contributed by atoms with van der Waals surface area (Å²) in [5.41, 5.74) is 7.04. The predicted molar refractivity (Wildman–Crippen MR) is 83.1 cm³/mol. The molecule has 0 unspecified atom stereocenters. The van der Waals surface area contributed by atoms with Crippen LogP contribution in [0.15, 0.2) is 18.2 Å². The van der Waals surface area contributed by atoms with E-state index in [2.05, 4.69) is 10.6 Å². The molecule has 1 rings (SSSR count). The number of carbonyl (C=O) groups excluding carboxylic acids is 2. The monoisotopic (exact) mass is 293 g/mol. The number of hydrogen-bond acceptors (Lipinski definition) is 5. The molecule has 1 aromatic carbocycles. The van der Waals surface area contributed by atoms with Crippen LogP contribution in [0.2, 0.25) is 0 Å². The van der Waals surface area contributed by atoms with Crippen molar-refractivity contribution in [1.29, 1.82) is 0 Å². The van der Waals surface area contributed by atoms with Crippen LogP contribution < -0.4 is 16.4 Å². The first-order chi connectivity index (χ1) is 9.93. The van der Waals surface area contributed by atoms with E-state index < -0.39 is 5.97 Å². The predicted octanol–water partition coefficient (Wildman–Crippen LogP) is 1.63. The minimum atomic E-state index is -0.470. The molecule has 4 N–H and O–H groups in total. The molecule has 0 heterocycles. The molecule has 0 saturated heterocycles. The number of hydrogen-bond donors (Lipinski definition) is 3. The normalized spacial score (nSPS) is 10.3. The lowest BCUT2D eigenvalue weighted by molar-refractivity contribution is -0.119. The van der Waals surface area contributed by atoms with Gasteiger partial charge in [0.25, 0.3) is 0 Å². The number of anilines is 2. The number of amides is 1. The van der Waals surface area contributed by atoms with Crippen LogP contribution in [0.25, 0.3) is 0 Å². The second kappa shape index (κ2) is 8.14. The van der Waals surface area contributed by atoms with Gasteiger partial charge in [-0.25, -0.2) is 4.79 Å². The van der Waals surface area contributed by atoms with Gasteiger partial charge in [0, 0.05) is 17.9 Å².